The third-order valence-electron chi connectivity index (χ3n) is 7.49. The molecule has 1 atom stereocenters. The fourth-order valence-electron chi connectivity index (χ4n) is 5.39. The van der Waals surface area contributed by atoms with Crippen molar-refractivity contribution in [2.45, 2.75) is 51.0 Å². The first-order valence-electron chi connectivity index (χ1n) is 12.3. The van der Waals surface area contributed by atoms with Gasteiger partial charge in [-0.3, -0.25) is 4.79 Å². The minimum Gasteiger partial charge on any atom is -0.479 e. The molecule has 1 unspecified atom stereocenters. The lowest BCUT2D eigenvalue weighted by Gasteiger charge is -2.46. The highest BCUT2D eigenvalue weighted by molar-refractivity contribution is 5.89. The monoisotopic (exact) mass is 478 g/mol. The van der Waals surface area contributed by atoms with E-state index in [1.807, 2.05) is 38.1 Å². The van der Waals surface area contributed by atoms with Crippen LogP contribution in [0.4, 0.5) is 4.79 Å². The van der Waals surface area contributed by atoms with Gasteiger partial charge in [-0.15, -0.1) is 0 Å². The van der Waals surface area contributed by atoms with E-state index in [0.717, 1.165) is 28.7 Å². The Kier molecular flexibility index (Phi) is 7.15. The Labute approximate surface area is 206 Å². The average molecular weight is 479 g/mol. The highest BCUT2D eigenvalue weighted by Gasteiger charge is 2.50. The van der Waals surface area contributed by atoms with Crippen molar-refractivity contribution in [2.75, 3.05) is 20.2 Å². The van der Waals surface area contributed by atoms with Crippen molar-refractivity contribution in [3.8, 4) is 11.1 Å². The summed E-state index contributed by atoms with van der Waals surface area (Å²) in [6.45, 7) is 4.31. The van der Waals surface area contributed by atoms with E-state index in [2.05, 4.69) is 29.6 Å². The molecule has 0 spiro atoms. The summed E-state index contributed by atoms with van der Waals surface area (Å²) in [5.41, 5.74) is 3.46. The smallest absolute Gasteiger partial charge is 0.407 e. The fourth-order valence-corrected chi connectivity index (χ4v) is 5.39. The SMILES string of the molecule is CC(C)CC(CNC(=O)OCC1c2ccccc2-c2ccccc21)C(=O)N(C)C1(C(=O)O)CCC1. The van der Waals surface area contributed by atoms with Gasteiger partial charge in [0.15, 0.2) is 0 Å². The molecule has 2 N–H and O–H groups in total. The number of hydrogen-bond donors (Lipinski definition) is 2. The zero-order valence-corrected chi connectivity index (χ0v) is 20.6. The van der Waals surface area contributed by atoms with Gasteiger partial charge >= 0.3 is 12.1 Å². The van der Waals surface area contributed by atoms with E-state index in [-0.39, 0.29) is 30.9 Å². The van der Waals surface area contributed by atoms with E-state index < -0.39 is 23.5 Å². The lowest BCUT2D eigenvalue weighted by atomic mass is 9.75. The first-order chi connectivity index (χ1) is 16.7. The predicted octanol–water partition coefficient (Wildman–Crippen LogP) is 4.65. The Morgan fingerprint density at radius 3 is 2.11 bits per heavy atom. The van der Waals surface area contributed by atoms with Crippen LogP contribution in [0.15, 0.2) is 48.5 Å². The van der Waals surface area contributed by atoms with E-state index in [1.165, 1.54) is 4.90 Å². The molecule has 0 aliphatic heterocycles. The van der Waals surface area contributed by atoms with Crippen LogP contribution in [0.2, 0.25) is 0 Å². The molecule has 7 heteroatoms. The van der Waals surface area contributed by atoms with Crippen LogP contribution in [-0.2, 0) is 14.3 Å². The summed E-state index contributed by atoms with van der Waals surface area (Å²) in [6.07, 6.45) is 1.67. The molecule has 1 saturated carbocycles. The minimum atomic E-state index is -1.13. The molecule has 0 radical (unpaired) electrons. The number of carbonyl (C=O) groups excluding carboxylic acids is 2. The first kappa shape index (κ1) is 24.8. The molecule has 4 rings (SSSR count). The Hall–Kier alpha value is -3.35. The molecule has 0 heterocycles. The van der Waals surface area contributed by atoms with Crippen molar-refractivity contribution < 1.29 is 24.2 Å². The number of alkyl carbamates (subject to hydrolysis) is 1. The molecule has 0 bridgehead atoms. The number of nitrogens with one attached hydrogen (secondary N) is 1. The average Bonchev–Trinajstić information content (AvgIpc) is 3.12. The molecule has 0 aromatic heterocycles. The van der Waals surface area contributed by atoms with Crippen molar-refractivity contribution in [1.29, 1.82) is 0 Å². The second-order valence-electron chi connectivity index (χ2n) is 10.1. The number of nitrogens with zero attached hydrogens (tertiary/aromatic N) is 1. The standard InChI is InChI=1S/C28H34N2O5/c1-18(2)15-19(25(31)30(3)28(26(32)33)13-8-14-28)16-29-27(34)35-17-24-22-11-6-4-9-20(22)21-10-5-7-12-23(21)24/h4-7,9-12,18-19,24H,8,13-17H2,1-3H3,(H,29,34)(H,32,33). The number of aliphatic carboxylic acids is 1. The summed E-state index contributed by atoms with van der Waals surface area (Å²) >= 11 is 0. The van der Waals surface area contributed by atoms with Gasteiger partial charge in [-0.05, 0) is 53.9 Å². The molecule has 186 valence electrons. The van der Waals surface area contributed by atoms with Gasteiger partial charge in [0.2, 0.25) is 5.91 Å². The number of carbonyl (C=O) groups is 3. The van der Waals surface area contributed by atoms with Crippen molar-refractivity contribution in [1.82, 2.24) is 10.2 Å². The molecule has 35 heavy (non-hydrogen) atoms. The maximum Gasteiger partial charge on any atom is 0.407 e. The van der Waals surface area contributed by atoms with Crippen molar-refractivity contribution >= 4 is 18.0 Å². The molecule has 2 aromatic rings. The summed E-state index contributed by atoms with van der Waals surface area (Å²) in [5, 5.41) is 12.5. The van der Waals surface area contributed by atoms with Gasteiger partial charge in [0.1, 0.15) is 12.1 Å². The summed E-state index contributed by atoms with van der Waals surface area (Å²) in [5.74, 6) is -1.56. The number of amides is 2. The van der Waals surface area contributed by atoms with E-state index in [0.29, 0.717) is 19.3 Å². The lowest BCUT2D eigenvalue weighted by Crippen LogP contribution is -2.61. The quantitative estimate of drug-likeness (QED) is 0.547. The third kappa shape index (κ3) is 4.77. The summed E-state index contributed by atoms with van der Waals surface area (Å²) in [4.78, 5) is 39.1. The van der Waals surface area contributed by atoms with Gasteiger partial charge in [0, 0.05) is 19.5 Å². The molecule has 0 saturated heterocycles. The van der Waals surface area contributed by atoms with Crippen LogP contribution in [0.3, 0.4) is 0 Å². The van der Waals surface area contributed by atoms with Crippen LogP contribution < -0.4 is 5.32 Å². The maximum atomic E-state index is 13.2. The number of carboxylic acids is 1. The zero-order chi connectivity index (χ0) is 25.2. The number of rotatable bonds is 9. The van der Waals surface area contributed by atoms with Gasteiger partial charge in [-0.25, -0.2) is 9.59 Å². The van der Waals surface area contributed by atoms with Gasteiger partial charge < -0.3 is 20.1 Å². The largest absolute Gasteiger partial charge is 0.479 e. The molecular weight excluding hydrogens is 444 g/mol. The lowest BCUT2D eigenvalue weighted by molar-refractivity contribution is -0.166. The summed E-state index contributed by atoms with van der Waals surface area (Å²) in [7, 11) is 1.57. The summed E-state index contributed by atoms with van der Waals surface area (Å²) in [6, 6.07) is 16.3. The molecule has 7 nitrogen and oxygen atoms in total. The Balaban J connectivity index is 1.38. The number of fused-ring (bicyclic) bond motifs is 3. The van der Waals surface area contributed by atoms with Gasteiger partial charge in [-0.1, -0.05) is 62.4 Å². The predicted molar refractivity (Wildman–Crippen MR) is 133 cm³/mol. The van der Waals surface area contributed by atoms with Crippen molar-refractivity contribution in [2.24, 2.45) is 11.8 Å². The van der Waals surface area contributed by atoms with Gasteiger partial charge in [0.25, 0.3) is 0 Å². The normalized spacial score (nSPS) is 16.6. The highest BCUT2D eigenvalue weighted by Crippen LogP contribution is 2.44. The van der Waals surface area contributed by atoms with Crippen molar-refractivity contribution in [3.63, 3.8) is 0 Å². The topological polar surface area (TPSA) is 95.9 Å². The van der Waals surface area contributed by atoms with E-state index in [4.69, 9.17) is 4.74 Å². The van der Waals surface area contributed by atoms with Gasteiger partial charge in [-0.2, -0.15) is 0 Å². The molecule has 2 amide bonds. The zero-order valence-electron chi connectivity index (χ0n) is 20.6. The maximum absolute atomic E-state index is 13.2. The molecular formula is C28H34N2O5. The second-order valence-corrected chi connectivity index (χ2v) is 10.1. The second kappa shape index (κ2) is 10.1. The van der Waals surface area contributed by atoms with Crippen LogP contribution in [0.5, 0.6) is 0 Å². The molecule has 2 aliphatic carbocycles. The van der Waals surface area contributed by atoms with Crippen LogP contribution in [-0.4, -0.2) is 53.7 Å². The van der Waals surface area contributed by atoms with E-state index in [1.54, 1.807) is 7.05 Å². The van der Waals surface area contributed by atoms with E-state index >= 15 is 0 Å². The van der Waals surface area contributed by atoms with Gasteiger partial charge in [0.05, 0.1) is 5.92 Å². The Morgan fingerprint density at radius 2 is 1.63 bits per heavy atom. The van der Waals surface area contributed by atoms with E-state index in [9.17, 15) is 19.5 Å². The Morgan fingerprint density at radius 1 is 1.06 bits per heavy atom. The summed E-state index contributed by atoms with van der Waals surface area (Å²) < 4.78 is 5.60. The highest BCUT2D eigenvalue weighted by atomic mass is 16.5. The van der Waals surface area contributed by atoms with Crippen LogP contribution in [0.1, 0.15) is 56.6 Å². The third-order valence-corrected chi connectivity index (χ3v) is 7.49. The van der Waals surface area contributed by atoms with Crippen LogP contribution >= 0.6 is 0 Å². The van der Waals surface area contributed by atoms with Crippen molar-refractivity contribution in [3.05, 3.63) is 59.7 Å². The molecule has 1 fully saturated rings. The minimum absolute atomic E-state index is 0.0404. The number of benzene rings is 2. The Bertz CT molecular complexity index is 1060. The molecule has 2 aromatic carbocycles. The number of likely N-dealkylation sites (N-methyl/N-ethyl adjacent to an activating group) is 1. The first-order valence-corrected chi connectivity index (χ1v) is 12.3. The van der Waals surface area contributed by atoms with Crippen LogP contribution in [0, 0.1) is 11.8 Å². The number of hydrogen-bond acceptors (Lipinski definition) is 4. The molecule has 2 aliphatic rings. The van der Waals surface area contributed by atoms with Crippen LogP contribution in [0.25, 0.3) is 11.1 Å². The number of ether oxygens (including phenoxy) is 1. The fraction of sp³-hybridized carbons (Fsp3) is 0.464. The number of carboxylic acid groups (broad SMARTS) is 1.